The number of nitrogens with one attached hydrogen (secondary N) is 1. The average molecular weight is 566 g/mol. The van der Waals surface area contributed by atoms with Gasteiger partial charge in [0.05, 0.1) is 11.3 Å². The molecule has 0 fully saturated rings. The first-order valence-electron chi connectivity index (χ1n) is 12.8. The maximum Gasteiger partial charge on any atom is 0.309 e. The molecule has 0 radical (unpaired) electrons. The van der Waals surface area contributed by atoms with E-state index in [0.29, 0.717) is 39.0 Å². The van der Waals surface area contributed by atoms with E-state index in [4.69, 9.17) is 30.9 Å². The lowest BCUT2D eigenvalue weighted by Crippen LogP contribution is -2.11. The molecule has 1 amide bonds. The van der Waals surface area contributed by atoms with Gasteiger partial charge in [0.15, 0.2) is 11.5 Å². The predicted octanol–water partition coefficient (Wildman–Crippen LogP) is 7.07. The molecule has 5 aromatic rings. The molecule has 0 saturated carbocycles. The summed E-state index contributed by atoms with van der Waals surface area (Å²) in [5.74, 6) is 0.781. The molecule has 0 spiro atoms. The summed E-state index contributed by atoms with van der Waals surface area (Å²) in [7, 11) is 0. The SMILES string of the molecule is CC(=O)Oc1c(-c2ccc(NC(=O)c3ccc(Cl)cc3)cc2)c(-c2ccc3c(c2)OCO3)nn1-c1cccc(C)c1. The van der Waals surface area contributed by atoms with Crippen molar-refractivity contribution >= 4 is 29.2 Å². The van der Waals surface area contributed by atoms with Crippen molar-refractivity contribution in [3.63, 3.8) is 0 Å². The maximum absolute atomic E-state index is 12.7. The van der Waals surface area contributed by atoms with Crippen LogP contribution in [0.1, 0.15) is 22.8 Å². The second-order valence-corrected chi connectivity index (χ2v) is 9.92. The number of amides is 1. The number of ether oxygens (including phenoxy) is 3. The minimum atomic E-state index is -0.482. The number of esters is 1. The first-order valence-corrected chi connectivity index (χ1v) is 13.2. The van der Waals surface area contributed by atoms with Crippen molar-refractivity contribution in [3.05, 3.63) is 107 Å². The Labute approximate surface area is 241 Å². The van der Waals surface area contributed by atoms with E-state index in [1.165, 1.54) is 6.92 Å². The summed E-state index contributed by atoms with van der Waals surface area (Å²) in [5.41, 5.74) is 5.52. The van der Waals surface area contributed by atoms with Gasteiger partial charge in [-0.1, -0.05) is 35.9 Å². The fourth-order valence-electron chi connectivity index (χ4n) is 4.60. The highest BCUT2D eigenvalue weighted by Crippen LogP contribution is 2.44. The number of hydrogen-bond acceptors (Lipinski definition) is 6. The summed E-state index contributed by atoms with van der Waals surface area (Å²) in [6, 6.07) is 27.2. The van der Waals surface area contributed by atoms with Gasteiger partial charge >= 0.3 is 5.97 Å². The summed E-state index contributed by atoms with van der Waals surface area (Å²) >= 11 is 5.95. The summed E-state index contributed by atoms with van der Waals surface area (Å²) < 4.78 is 18.5. The van der Waals surface area contributed by atoms with Crippen LogP contribution in [-0.4, -0.2) is 28.4 Å². The van der Waals surface area contributed by atoms with Crippen molar-refractivity contribution in [2.75, 3.05) is 12.1 Å². The van der Waals surface area contributed by atoms with Crippen LogP contribution in [0.4, 0.5) is 5.69 Å². The number of carbonyl (C=O) groups is 2. The molecule has 1 aromatic heterocycles. The number of fused-ring (bicyclic) bond motifs is 1. The van der Waals surface area contributed by atoms with Gasteiger partial charge in [0.25, 0.3) is 5.91 Å². The van der Waals surface area contributed by atoms with Gasteiger partial charge < -0.3 is 19.5 Å². The second kappa shape index (κ2) is 10.8. The van der Waals surface area contributed by atoms with Gasteiger partial charge in [0.1, 0.15) is 5.69 Å². The van der Waals surface area contributed by atoms with Crippen LogP contribution < -0.4 is 19.5 Å². The highest BCUT2D eigenvalue weighted by molar-refractivity contribution is 6.30. The molecule has 2 heterocycles. The van der Waals surface area contributed by atoms with Gasteiger partial charge in [-0.05, 0) is 84.8 Å². The van der Waals surface area contributed by atoms with E-state index in [-0.39, 0.29) is 18.6 Å². The molecule has 41 heavy (non-hydrogen) atoms. The Morgan fingerprint density at radius 3 is 2.37 bits per heavy atom. The van der Waals surface area contributed by atoms with Gasteiger partial charge in [-0.3, -0.25) is 9.59 Å². The van der Waals surface area contributed by atoms with Gasteiger partial charge in [-0.25, -0.2) is 0 Å². The van der Waals surface area contributed by atoms with Crippen molar-refractivity contribution in [3.8, 4) is 45.5 Å². The molecule has 0 aliphatic carbocycles. The lowest BCUT2D eigenvalue weighted by Gasteiger charge is -2.11. The molecule has 204 valence electrons. The van der Waals surface area contributed by atoms with Crippen molar-refractivity contribution in [2.45, 2.75) is 13.8 Å². The lowest BCUT2D eigenvalue weighted by atomic mass is 10.0. The van der Waals surface area contributed by atoms with E-state index in [1.807, 2.05) is 61.5 Å². The molecule has 1 N–H and O–H groups in total. The Morgan fingerprint density at radius 1 is 0.902 bits per heavy atom. The Bertz CT molecular complexity index is 1780. The highest BCUT2D eigenvalue weighted by Gasteiger charge is 2.26. The molecular formula is C32H24ClN3O5. The molecule has 1 aliphatic rings. The number of nitrogens with zero attached hydrogens (tertiary/aromatic N) is 2. The third-order valence-corrected chi connectivity index (χ3v) is 6.77. The zero-order valence-electron chi connectivity index (χ0n) is 22.2. The third-order valence-electron chi connectivity index (χ3n) is 6.51. The molecule has 4 aromatic carbocycles. The normalized spacial score (nSPS) is 11.8. The molecule has 8 nitrogen and oxygen atoms in total. The molecule has 0 saturated heterocycles. The second-order valence-electron chi connectivity index (χ2n) is 9.48. The number of anilines is 1. The van der Waals surface area contributed by atoms with Crippen LogP contribution in [0.25, 0.3) is 28.1 Å². The molecule has 0 bridgehead atoms. The van der Waals surface area contributed by atoms with Gasteiger partial charge in [-0.2, -0.15) is 9.78 Å². The molecule has 1 aliphatic heterocycles. The van der Waals surface area contributed by atoms with Crippen LogP contribution in [0, 0.1) is 6.92 Å². The largest absolute Gasteiger partial charge is 0.454 e. The van der Waals surface area contributed by atoms with Crippen molar-refractivity contribution in [2.24, 2.45) is 0 Å². The first-order chi connectivity index (χ1) is 19.9. The molecule has 0 atom stereocenters. The Hall–Kier alpha value is -5.08. The van der Waals surface area contributed by atoms with Gasteiger partial charge in [0.2, 0.25) is 12.7 Å². The van der Waals surface area contributed by atoms with Crippen LogP contribution in [0.5, 0.6) is 17.4 Å². The summed E-state index contributed by atoms with van der Waals surface area (Å²) in [6.45, 7) is 3.48. The van der Waals surface area contributed by atoms with Crippen LogP contribution in [0.15, 0.2) is 91.0 Å². The Balaban J connectivity index is 1.45. The number of aromatic nitrogens is 2. The number of carbonyl (C=O) groups excluding carboxylic acids is 2. The fraction of sp³-hybridized carbons (Fsp3) is 0.0938. The zero-order chi connectivity index (χ0) is 28.5. The zero-order valence-corrected chi connectivity index (χ0v) is 22.9. The van der Waals surface area contributed by atoms with E-state index >= 15 is 0 Å². The number of benzene rings is 4. The monoisotopic (exact) mass is 565 g/mol. The fourth-order valence-corrected chi connectivity index (χ4v) is 4.72. The topological polar surface area (TPSA) is 91.7 Å². The van der Waals surface area contributed by atoms with Crippen LogP contribution >= 0.6 is 11.6 Å². The average Bonchev–Trinajstić information content (AvgIpc) is 3.58. The maximum atomic E-state index is 12.7. The Kier molecular flexibility index (Phi) is 6.91. The van der Waals surface area contributed by atoms with E-state index in [0.717, 1.165) is 22.4 Å². The molecule has 9 heteroatoms. The van der Waals surface area contributed by atoms with E-state index in [1.54, 1.807) is 41.1 Å². The molecule has 0 unspecified atom stereocenters. The Morgan fingerprint density at radius 2 is 1.63 bits per heavy atom. The van der Waals surface area contributed by atoms with Crippen LogP contribution in [0.3, 0.4) is 0 Å². The number of aryl methyl sites for hydroxylation is 1. The number of hydrogen-bond donors (Lipinski definition) is 1. The lowest BCUT2D eigenvalue weighted by molar-refractivity contribution is -0.132. The van der Waals surface area contributed by atoms with Crippen LogP contribution in [0.2, 0.25) is 5.02 Å². The first kappa shape index (κ1) is 26.2. The van der Waals surface area contributed by atoms with Gasteiger partial charge in [0, 0.05) is 28.8 Å². The highest BCUT2D eigenvalue weighted by atomic mass is 35.5. The van der Waals surface area contributed by atoms with Crippen molar-refractivity contribution in [1.82, 2.24) is 9.78 Å². The van der Waals surface area contributed by atoms with Gasteiger partial charge in [-0.15, -0.1) is 0 Å². The minimum Gasteiger partial charge on any atom is -0.454 e. The van der Waals surface area contributed by atoms with E-state index in [9.17, 15) is 9.59 Å². The van der Waals surface area contributed by atoms with Crippen molar-refractivity contribution < 1.29 is 23.8 Å². The number of halogens is 1. The minimum absolute atomic E-state index is 0.144. The quantitative estimate of drug-likeness (QED) is 0.221. The third kappa shape index (κ3) is 5.37. The summed E-state index contributed by atoms with van der Waals surface area (Å²) in [5, 5.41) is 8.38. The predicted molar refractivity (Wildman–Crippen MR) is 156 cm³/mol. The van der Waals surface area contributed by atoms with Crippen LogP contribution in [-0.2, 0) is 4.79 Å². The standard InChI is InChI=1S/C32H24ClN3O5/c1-19-4-3-5-26(16-19)36-32(41-20(2)37)29(30(35-36)23-10-15-27-28(17-23)40-18-39-27)21-8-13-25(14-9-21)34-31(38)22-6-11-24(33)12-7-22/h3-17H,18H2,1-2H3,(H,34,38). The van der Waals surface area contributed by atoms with E-state index in [2.05, 4.69) is 5.32 Å². The molecule has 6 rings (SSSR count). The smallest absolute Gasteiger partial charge is 0.309 e. The van der Waals surface area contributed by atoms with E-state index < -0.39 is 5.97 Å². The summed E-state index contributed by atoms with van der Waals surface area (Å²) in [6.07, 6.45) is 0. The number of rotatable bonds is 6. The van der Waals surface area contributed by atoms with Crippen molar-refractivity contribution in [1.29, 1.82) is 0 Å². The molecular weight excluding hydrogens is 542 g/mol. The summed E-state index contributed by atoms with van der Waals surface area (Å²) in [4.78, 5) is 25.1.